The summed E-state index contributed by atoms with van der Waals surface area (Å²) in [4.78, 5) is 10.7. The third kappa shape index (κ3) is 3.40. The Hall–Kier alpha value is -1.20. The quantitative estimate of drug-likeness (QED) is 0.856. The van der Waals surface area contributed by atoms with Crippen LogP contribution in [0, 0.1) is 0 Å². The number of ether oxygens (including phenoxy) is 1. The van der Waals surface area contributed by atoms with Crippen molar-refractivity contribution in [2.75, 3.05) is 24.6 Å². The van der Waals surface area contributed by atoms with Crippen molar-refractivity contribution in [1.29, 1.82) is 0 Å². The van der Waals surface area contributed by atoms with Gasteiger partial charge in [-0.15, -0.1) is 0 Å². The molecule has 2 rings (SSSR count). The first kappa shape index (κ1) is 13.2. The van der Waals surface area contributed by atoms with Gasteiger partial charge in [-0.05, 0) is 19.3 Å². The second kappa shape index (κ2) is 6.66. The fraction of sp³-hybridized carbons (Fsp3) is 0.692. The van der Waals surface area contributed by atoms with Crippen molar-refractivity contribution in [2.24, 2.45) is 0 Å². The van der Waals surface area contributed by atoms with Gasteiger partial charge in [0.2, 0.25) is 0 Å². The average Bonchev–Trinajstić information content (AvgIpc) is 2.45. The van der Waals surface area contributed by atoms with E-state index in [1.54, 1.807) is 12.4 Å². The van der Waals surface area contributed by atoms with Gasteiger partial charge in [-0.3, -0.25) is 4.98 Å². The van der Waals surface area contributed by atoms with Crippen molar-refractivity contribution in [3.05, 3.63) is 18.1 Å². The van der Waals surface area contributed by atoms with Crippen LogP contribution in [-0.2, 0) is 11.3 Å². The molecule has 0 aromatic carbocycles. The molecule has 0 spiro atoms. The van der Waals surface area contributed by atoms with Gasteiger partial charge in [0.05, 0.1) is 30.8 Å². The maximum atomic E-state index is 8.94. The molecule has 0 saturated carbocycles. The first-order valence-corrected chi connectivity index (χ1v) is 6.61. The normalized spacial score (nSPS) is 20.1. The van der Waals surface area contributed by atoms with Crippen molar-refractivity contribution >= 4 is 5.82 Å². The number of aromatic nitrogens is 2. The Morgan fingerprint density at radius 2 is 2.33 bits per heavy atom. The van der Waals surface area contributed by atoms with Gasteiger partial charge in [0.25, 0.3) is 0 Å². The lowest BCUT2D eigenvalue weighted by molar-refractivity contribution is 0.0439. The van der Waals surface area contributed by atoms with E-state index in [2.05, 4.69) is 21.8 Å². The number of rotatable bonds is 5. The van der Waals surface area contributed by atoms with Crippen LogP contribution in [0.4, 0.5) is 5.82 Å². The summed E-state index contributed by atoms with van der Waals surface area (Å²) in [6.45, 7) is 4.77. The minimum atomic E-state index is -0.0600. The van der Waals surface area contributed by atoms with E-state index < -0.39 is 0 Å². The van der Waals surface area contributed by atoms with E-state index in [4.69, 9.17) is 9.84 Å². The molecule has 1 aromatic heterocycles. The van der Waals surface area contributed by atoms with Crippen LogP contribution < -0.4 is 4.90 Å². The SMILES string of the molecule is CCCOC1CCCN(c2cnc(CO)cn2)C1. The summed E-state index contributed by atoms with van der Waals surface area (Å²) in [7, 11) is 0. The first-order valence-electron chi connectivity index (χ1n) is 6.61. The molecular weight excluding hydrogens is 230 g/mol. The topological polar surface area (TPSA) is 58.5 Å². The van der Waals surface area contributed by atoms with Crippen molar-refractivity contribution in [1.82, 2.24) is 9.97 Å². The predicted octanol–water partition coefficient (Wildman–Crippen LogP) is 1.36. The highest BCUT2D eigenvalue weighted by atomic mass is 16.5. The van der Waals surface area contributed by atoms with Crippen LogP contribution in [0.5, 0.6) is 0 Å². The summed E-state index contributed by atoms with van der Waals surface area (Å²) in [6.07, 6.45) is 6.97. The Balaban J connectivity index is 1.94. The van der Waals surface area contributed by atoms with Gasteiger partial charge in [-0.25, -0.2) is 4.98 Å². The summed E-state index contributed by atoms with van der Waals surface area (Å²) in [5.74, 6) is 0.872. The van der Waals surface area contributed by atoms with Crippen molar-refractivity contribution < 1.29 is 9.84 Å². The van der Waals surface area contributed by atoms with Gasteiger partial charge in [-0.2, -0.15) is 0 Å². The van der Waals surface area contributed by atoms with Gasteiger partial charge in [0.1, 0.15) is 5.82 Å². The number of anilines is 1. The molecule has 100 valence electrons. The lowest BCUT2D eigenvalue weighted by Crippen LogP contribution is -2.40. The van der Waals surface area contributed by atoms with Crippen LogP contribution in [0.3, 0.4) is 0 Å². The second-order valence-electron chi connectivity index (χ2n) is 4.61. The van der Waals surface area contributed by atoms with Crippen LogP contribution in [0.2, 0.25) is 0 Å². The van der Waals surface area contributed by atoms with E-state index in [1.165, 1.54) is 0 Å². The van der Waals surface area contributed by atoms with Crippen LogP contribution in [0.15, 0.2) is 12.4 Å². The van der Waals surface area contributed by atoms with Crippen molar-refractivity contribution in [3.8, 4) is 0 Å². The van der Waals surface area contributed by atoms with Gasteiger partial charge >= 0.3 is 0 Å². The summed E-state index contributed by atoms with van der Waals surface area (Å²) >= 11 is 0. The van der Waals surface area contributed by atoms with Crippen LogP contribution >= 0.6 is 0 Å². The Bertz CT molecular complexity index is 356. The van der Waals surface area contributed by atoms with E-state index in [9.17, 15) is 0 Å². The molecule has 18 heavy (non-hydrogen) atoms. The smallest absolute Gasteiger partial charge is 0.147 e. The van der Waals surface area contributed by atoms with Gasteiger partial charge < -0.3 is 14.7 Å². The zero-order valence-corrected chi connectivity index (χ0v) is 10.9. The maximum Gasteiger partial charge on any atom is 0.147 e. The molecular formula is C13H21N3O2. The Kier molecular flexibility index (Phi) is 4.90. The van der Waals surface area contributed by atoms with Gasteiger partial charge in [0, 0.05) is 19.7 Å². The Morgan fingerprint density at radius 1 is 1.44 bits per heavy atom. The maximum absolute atomic E-state index is 8.94. The number of aliphatic hydroxyl groups is 1. The van der Waals surface area contributed by atoms with Crippen LogP contribution in [0.25, 0.3) is 0 Å². The highest BCUT2D eigenvalue weighted by Gasteiger charge is 2.21. The molecule has 1 aliphatic rings. The number of nitrogens with zero attached hydrogens (tertiary/aromatic N) is 3. The van der Waals surface area contributed by atoms with E-state index in [0.717, 1.165) is 44.8 Å². The highest BCUT2D eigenvalue weighted by molar-refractivity contribution is 5.36. The molecule has 1 N–H and O–H groups in total. The Morgan fingerprint density at radius 3 is 3.00 bits per heavy atom. The van der Waals surface area contributed by atoms with Crippen molar-refractivity contribution in [2.45, 2.75) is 38.9 Å². The number of aliphatic hydroxyl groups excluding tert-OH is 1. The monoisotopic (exact) mass is 251 g/mol. The molecule has 1 saturated heterocycles. The van der Waals surface area contributed by atoms with Crippen LogP contribution in [0.1, 0.15) is 31.9 Å². The minimum absolute atomic E-state index is 0.0600. The molecule has 5 heteroatoms. The molecule has 2 heterocycles. The molecule has 1 fully saturated rings. The van der Waals surface area contributed by atoms with Crippen LogP contribution in [-0.4, -0.2) is 40.9 Å². The molecule has 0 radical (unpaired) electrons. The Labute approximate surface area is 108 Å². The molecule has 0 aliphatic carbocycles. The van der Waals surface area contributed by atoms with Crippen molar-refractivity contribution in [3.63, 3.8) is 0 Å². The third-order valence-electron chi connectivity index (χ3n) is 3.11. The molecule has 5 nitrogen and oxygen atoms in total. The summed E-state index contributed by atoms with van der Waals surface area (Å²) in [5, 5.41) is 8.94. The predicted molar refractivity (Wildman–Crippen MR) is 69.4 cm³/mol. The standard InChI is InChI=1S/C13H21N3O2/c1-2-6-18-12-4-3-5-16(9-12)13-8-14-11(10-17)7-15-13/h7-8,12,17H,2-6,9-10H2,1H3. The van der Waals surface area contributed by atoms with E-state index in [0.29, 0.717) is 11.8 Å². The number of hydrogen-bond acceptors (Lipinski definition) is 5. The lowest BCUT2D eigenvalue weighted by atomic mass is 10.1. The zero-order valence-electron chi connectivity index (χ0n) is 10.9. The van der Waals surface area contributed by atoms with Gasteiger partial charge in [0.15, 0.2) is 0 Å². The lowest BCUT2D eigenvalue weighted by Gasteiger charge is -2.33. The molecule has 1 aromatic rings. The van der Waals surface area contributed by atoms with E-state index >= 15 is 0 Å². The molecule has 1 atom stereocenters. The zero-order chi connectivity index (χ0) is 12.8. The molecule has 1 aliphatic heterocycles. The number of piperidine rings is 1. The van der Waals surface area contributed by atoms with E-state index in [1.807, 2.05) is 0 Å². The second-order valence-corrected chi connectivity index (χ2v) is 4.61. The third-order valence-corrected chi connectivity index (χ3v) is 3.11. The molecule has 1 unspecified atom stereocenters. The first-order chi connectivity index (χ1) is 8.83. The summed E-state index contributed by atoms with van der Waals surface area (Å²) in [6, 6.07) is 0. The summed E-state index contributed by atoms with van der Waals surface area (Å²) < 4.78 is 5.80. The fourth-order valence-electron chi connectivity index (χ4n) is 2.16. The van der Waals surface area contributed by atoms with E-state index in [-0.39, 0.29) is 6.61 Å². The highest BCUT2D eigenvalue weighted by Crippen LogP contribution is 2.18. The average molecular weight is 251 g/mol. The molecule has 0 bridgehead atoms. The molecule has 0 amide bonds. The number of hydrogen-bond donors (Lipinski definition) is 1. The summed E-state index contributed by atoms with van der Waals surface area (Å²) in [5.41, 5.74) is 0.606. The fourth-order valence-corrected chi connectivity index (χ4v) is 2.16. The minimum Gasteiger partial charge on any atom is -0.390 e. The van der Waals surface area contributed by atoms with Gasteiger partial charge in [-0.1, -0.05) is 6.92 Å². The largest absolute Gasteiger partial charge is 0.390 e.